The number of nitrogens with zero attached hydrogens (tertiary/aromatic N) is 3. The van der Waals surface area contributed by atoms with Gasteiger partial charge in [-0.3, -0.25) is 14.6 Å². The van der Waals surface area contributed by atoms with Crippen molar-refractivity contribution in [2.45, 2.75) is 13.5 Å². The Morgan fingerprint density at radius 3 is 2.96 bits per heavy atom. The second-order valence-electron chi connectivity index (χ2n) is 5.95. The minimum absolute atomic E-state index is 0.281. The van der Waals surface area contributed by atoms with Crippen LogP contribution in [0.4, 0.5) is 5.69 Å². The molecular weight excluding hydrogens is 330 g/mol. The summed E-state index contributed by atoms with van der Waals surface area (Å²) in [6, 6.07) is 13.4. The van der Waals surface area contributed by atoms with Crippen LogP contribution in [0, 0.1) is 6.92 Å². The largest absolute Gasteiger partial charge is 0.463 e. The van der Waals surface area contributed by atoms with Gasteiger partial charge in [-0.2, -0.15) is 10.2 Å². The van der Waals surface area contributed by atoms with Gasteiger partial charge in [0.1, 0.15) is 5.69 Å². The third kappa shape index (κ3) is 3.27. The molecule has 3 aromatic heterocycles. The van der Waals surface area contributed by atoms with Crippen LogP contribution in [0.25, 0.3) is 11.5 Å². The fourth-order valence-corrected chi connectivity index (χ4v) is 2.67. The average Bonchev–Trinajstić information content (AvgIpc) is 3.38. The van der Waals surface area contributed by atoms with Crippen LogP contribution in [-0.2, 0) is 6.54 Å². The number of aromatic nitrogens is 4. The molecule has 0 saturated heterocycles. The number of H-pyrrole nitrogens is 1. The number of rotatable bonds is 5. The summed E-state index contributed by atoms with van der Waals surface area (Å²) in [4.78, 5) is 12.4. The first-order valence-electron chi connectivity index (χ1n) is 8.16. The van der Waals surface area contributed by atoms with Gasteiger partial charge in [-0.05, 0) is 30.2 Å². The van der Waals surface area contributed by atoms with Gasteiger partial charge in [-0.15, -0.1) is 0 Å². The molecule has 0 aliphatic carbocycles. The zero-order valence-corrected chi connectivity index (χ0v) is 14.1. The van der Waals surface area contributed by atoms with Gasteiger partial charge in [0.25, 0.3) is 5.91 Å². The van der Waals surface area contributed by atoms with E-state index in [-0.39, 0.29) is 11.6 Å². The molecule has 1 amide bonds. The van der Waals surface area contributed by atoms with E-state index in [0.29, 0.717) is 23.7 Å². The van der Waals surface area contributed by atoms with Crippen LogP contribution in [0.3, 0.4) is 0 Å². The fourth-order valence-electron chi connectivity index (χ4n) is 2.67. The predicted molar refractivity (Wildman–Crippen MR) is 96.8 cm³/mol. The number of anilines is 1. The topological polar surface area (TPSA) is 88.7 Å². The Kier molecular flexibility index (Phi) is 4.10. The first-order valence-corrected chi connectivity index (χ1v) is 8.16. The molecule has 0 radical (unpaired) electrons. The molecule has 0 spiro atoms. The molecule has 4 aromatic rings. The quantitative estimate of drug-likeness (QED) is 0.578. The number of hydrogen-bond acceptors (Lipinski definition) is 4. The van der Waals surface area contributed by atoms with E-state index < -0.39 is 0 Å². The highest BCUT2D eigenvalue weighted by Gasteiger charge is 2.14. The minimum atomic E-state index is -0.311. The first-order chi connectivity index (χ1) is 12.7. The number of carbonyl (C=O) groups excluding carboxylic acids is 1. The molecule has 3 heterocycles. The van der Waals surface area contributed by atoms with E-state index in [4.69, 9.17) is 4.42 Å². The lowest BCUT2D eigenvalue weighted by atomic mass is 10.1. The molecule has 0 atom stereocenters. The maximum Gasteiger partial charge on any atom is 0.276 e. The average molecular weight is 347 g/mol. The highest BCUT2D eigenvalue weighted by Crippen LogP contribution is 2.18. The van der Waals surface area contributed by atoms with Gasteiger partial charge >= 0.3 is 0 Å². The molecule has 0 saturated carbocycles. The third-order valence-corrected chi connectivity index (χ3v) is 4.08. The molecule has 2 N–H and O–H groups in total. The number of amides is 1. The lowest BCUT2D eigenvalue weighted by molar-refractivity contribution is 0.102. The van der Waals surface area contributed by atoms with Crippen LogP contribution in [0.5, 0.6) is 0 Å². The Balaban J connectivity index is 1.44. The van der Waals surface area contributed by atoms with E-state index in [9.17, 15) is 4.79 Å². The number of carbonyl (C=O) groups is 1. The normalized spacial score (nSPS) is 10.8. The van der Waals surface area contributed by atoms with Crippen molar-refractivity contribution in [2.24, 2.45) is 0 Å². The molecule has 130 valence electrons. The van der Waals surface area contributed by atoms with E-state index in [1.807, 2.05) is 12.1 Å². The van der Waals surface area contributed by atoms with Crippen molar-refractivity contribution in [1.82, 2.24) is 20.0 Å². The van der Waals surface area contributed by atoms with Crippen LogP contribution >= 0.6 is 0 Å². The van der Waals surface area contributed by atoms with Gasteiger partial charge in [-0.25, -0.2) is 0 Å². The Bertz CT molecular complexity index is 1030. The molecule has 4 rings (SSSR count). The molecule has 0 unspecified atom stereocenters. The smallest absolute Gasteiger partial charge is 0.276 e. The zero-order chi connectivity index (χ0) is 17.9. The number of furan rings is 1. The van der Waals surface area contributed by atoms with E-state index in [0.717, 1.165) is 0 Å². The van der Waals surface area contributed by atoms with Gasteiger partial charge in [-0.1, -0.05) is 24.3 Å². The summed E-state index contributed by atoms with van der Waals surface area (Å²) in [6.45, 7) is 2.71. The second-order valence-corrected chi connectivity index (χ2v) is 5.95. The molecule has 1 aromatic carbocycles. The lowest BCUT2D eigenvalue weighted by Crippen LogP contribution is -2.11. The lowest BCUT2D eigenvalue weighted by Gasteiger charge is -2.05. The Labute approximate surface area is 149 Å². The third-order valence-electron chi connectivity index (χ3n) is 4.08. The van der Waals surface area contributed by atoms with Crippen molar-refractivity contribution in [2.75, 3.05) is 5.32 Å². The van der Waals surface area contributed by atoms with E-state index in [1.54, 1.807) is 41.5 Å². The fraction of sp³-hybridized carbons (Fsp3) is 0.105. The molecule has 0 bridgehead atoms. The Morgan fingerprint density at radius 1 is 1.27 bits per heavy atom. The zero-order valence-electron chi connectivity index (χ0n) is 14.1. The molecule has 0 aliphatic rings. The highest BCUT2D eigenvalue weighted by molar-refractivity contribution is 6.03. The number of benzene rings is 1. The van der Waals surface area contributed by atoms with Gasteiger partial charge in [0.15, 0.2) is 11.5 Å². The monoisotopic (exact) mass is 347 g/mol. The van der Waals surface area contributed by atoms with Crippen LogP contribution in [0.2, 0.25) is 0 Å². The molecule has 0 aliphatic heterocycles. The standard InChI is InChI=1S/C19H17N5O2/c1-13-5-2-3-6-14(13)11-24-12-15(10-20-24)21-19(25)17-9-16(22-23-17)18-7-4-8-26-18/h2-10,12H,11H2,1H3,(H,21,25)(H,22,23). The number of aryl methyl sites for hydroxylation is 1. The summed E-state index contributed by atoms with van der Waals surface area (Å²) in [6.07, 6.45) is 4.99. The van der Waals surface area contributed by atoms with Crippen molar-refractivity contribution in [3.8, 4) is 11.5 Å². The van der Waals surface area contributed by atoms with Gasteiger partial charge in [0.05, 0.1) is 24.7 Å². The minimum Gasteiger partial charge on any atom is -0.463 e. The summed E-state index contributed by atoms with van der Waals surface area (Å²) >= 11 is 0. The van der Waals surface area contributed by atoms with E-state index in [2.05, 4.69) is 39.7 Å². The van der Waals surface area contributed by atoms with Crippen molar-refractivity contribution < 1.29 is 9.21 Å². The van der Waals surface area contributed by atoms with Crippen LogP contribution in [0.15, 0.2) is 65.5 Å². The summed E-state index contributed by atoms with van der Waals surface area (Å²) in [5.41, 5.74) is 3.93. The number of hydrogen-bond donors (Lipinski definition) is 2. The summed E-state index contributed by atoms with van der Waals surface area (Å²) in [5, 5.41) is 13.9. The number of aromatic amines is 1. The van der Waals surface area contributed by atoms with Crippen LogP contribution in [0.1, 0.15) is 21.6 Å². The maximum atomic E-state index is 12.4. The van der Waals surface area contributed by atoms with E-state index >= 15 is 0 Å². The Hall–Kier alpha value is -3.61. The molecule has 7 nitrogen and oxygen atoms in total. The molecule has 0 fully saturated rings. The van der Waals surface area contributed by atoms with E-state index in [1.165, 1.54) is 11.1 Å². The first kappa shape index (κ1) is 15.9. The maximum absolute atomic E-state index is 12.4. The van der Waals surface area contributed by atoms with Crippen molar-refractivity contribution in [3.05, 3.63) is 77.9 Å². The Morgan fingerprint density at radius 2 is 2.15 bits per heavy atom. The highest BCUT2D eigenvalue weighted by atomic mass is 16.3. The van der Waals surface area contributed by atoms with Gasteiger partial charge in [0, 0.05) is 12.3 Å². The van der Waals surface area contributed by atoms with Gasteiger partial charge in [0.2, 0.25) is 0 Å². The summed E-state index contributed by atoms with van der Waals surface area (Å²) < 4.78 is 7.07. The van der Waals surface area contributed by atoms with Crippen LogP contribution < -0.4 is 5.32 Å². The second kappa shape index (κ2) is 6.72. The van der Waals surface area contributed by atoms with Crippen molar-refractivity contribution in [3.63, 3.8) is 0 Å². The molecule has 7 heteroatoms. The molecular formula is C19H17N5O2. The number of nitrogens with one attached hydrogen (secondary N) is 2. The van der Waals surface area contributed by atoms with Crippen molar-refractivity contribution >= 4 is 11.6 Å². The van der Waals surface area contributed by atoms with Crippen LogP contribution in [-0.4, -0.2) is 25.9 Å². The predicted octanol–water partition coefficient (Wildman–Crippen LogP) is 3.48. The SMILES string of the molecule is Cc1ccccc1Cn1cc(NC(=O)c2cc(-c3ccco3)[nH]n2)cn1. The van der Waals surface area contributed by atoms with Crippen molar-refractivity contribution in [1.29, 1.82) is 0 Å². The molecule has 26 heavy (non-hydrogen) atoms. The summed E-state index contributed by atoms with van der Waals surface area (Å²) in [7, 11) is 0. The summed E-state index contributed by atoms with van der Waals surface area (Å²) in [5.74, 6) is 0.317. The van der Waals surface area contributed by atoms with Gasteiger partial charge < -0.3 is 9.73 Å².